The third kappa shape index (κ3) is 3.47. The number of nitrogens with zero attached hydrogens (tertiary/aromatic N) is 7. The summed E-state index contributed by atoms with van der Waals surface area (Å²) >= 11 is 0. The van der Waals surface area contributed by atoms with Gasteiger partial charge in [0.25, 0.3) is 5.88 Å². The summed E-state index contributed by atoms with van der Waals surface area (Å²) < 4.78 is 22.8. The number of hydrogen-bond donors (Lipinski definition) is 0. The van der Waals surface area contributed by atoms with E-state index >= 15 is 0 Å². The predicted molar refractivity (Wildman–Crippen MR) is 94.6 cm³/mol. The van der Waals surface area contributed by atoms with E-state index in [1.165, 1.54) is 11.6 Å². The maximum absolute atomic E-state index is 5.80. The Balaban J connectivity index is 1.61. The van der Waals surface area contributed by atoms with Gasteiger partial charge in [0.2, 0.25) is 5.82 Å². The quantitative estimate of drug-likeness (QED) is 0.465. The normalized spacial score (nSPS) is 11.1. The lowest BCUT2D eigenvalue weighted by molar-refractivity contribution is 0.180. The number of aromatic nitrogens is 7. The minimum Gasteiger partial charge on any atom is -0.491 e. The van der Waals surface area contributed by atoms with Crippen LogP contribution in [0.4, 0.5) is 0 Å². The van der Waals surface area contributed by atoms with Crippen LogP contribution >= 0.6 is 0 Å². The number of rotatable bonds is 7. The van der Waals surface area contributed by atoms with Crippen molar-refractivity contribution in [1.29, 1.82) is 0 Å². The molecule has 4 aromatic heterocycles. The Bertz CT molecular complexity index is 1090. The molecule has 0 aliphatic carbocycles. The third-order valence-corrected chi connectivity index (χ3v) is 3.83. The van der Waals surface area contributed by atoms with Crippen LogP contribution in [0.25, 0.3) is 17.2 Å². The molecule has 28 heavy (non-hydrogen) atoms. The molecule has 11 nitrogen and oxygen atoms in total. The molecule has 0 saturated heterocycles. The van der Waals surface area contributed by atoms with Crippen molar-refractivity contribution in [3.63, 3.8) is 0 Å². The molecule has 0 unspecified atom stereocenters. The molecule has 0 amide bonds. The molecule has 4 aromatic rings. The van der Waals surface area contributed by atoms with Crippen LogP contribution in [0.3, 0.4) is 0 Å². The Morgan fingerprint density at radius 3 is 2.43 bits per heavy atom. The molecule has 0 atom stereocenters. The summed E-state index contributed by atoms with van der Waals surface area (Å²) in [4.78, 5) is 0. The van der Waals surface area contributed by atoms with Crippen molar-refractivity contribution in [2.75, 3.05) is 14.2 Å². The molecule has 0 aliphatic heterocycles. The number of aryl methyl sites for hydroxylation is 1. The second kappa shape index (κ2) is 7.56. The van der Waals surface area contributed by atoms with Gasteiger partial charge in [-0.05, 0) is 19.1 Å². The molecular weight excluding hydrogens is 366 g/mol. The van der Waals surface area contributed by atoms with Crippen molar-refractivity contribution < 1.29 is 18.7 Å². The van der Waals surface area contributed by atoms with E-state index in [-0.39, 0.29) is 12.5 Å². The van der Waals surface area contributed by atoms with E-state index in [1.807, 2.05) is 12.1 Å². The molecule has 0 fully saturated rings. The lowest BCUT2D eigenvalue weighted by atomic mass is 10.3. The smallest absolute Gasteiger partial charge is 0.275 e. The molecule has 4 rings (SSSR count). The number of ether oxygens (including phenoxy) is 3. The molecule has 0 saturated carbocycles. The van der Waals surface area contributed by atoms with Gasteiger partial charge in [0, 0.05) is 19.2 Å². The van der Waals surface area contributed by atoms with Crippen LogP contribution in [0, 0.1) is 6.92 Å². The number of methoxy groups -OCH3 is 2. The van der Waals surface area contributed by atoms with E-state index in [4.69, 9.17) is 18.7 Å². The van der Waals surface area contributed by atoms with Crippen LogP contribution in [0.5, 0.6) is 11.6 Å². The largest absolute Gasteiger partial charge is 0.491 e. The summed E-state index contributed by atoms with van der Waals surface area (Å²) in [5.74, 6) is 1.78. The zero-order valence-electron chi connectivity index (χ0n) is 15.5. The molecule has 4 heterocycles. The molecule has 144 valence electrons. The first kappa shape index (κ1) is 17.8. The molecule has 0 aliphatic rings. The summed E-state index contributed by atoms with van der Waals surface area (Å²) in [5.41, 5.74) is 2.39. The van der Waals surface area contributed by atoms with Crippen LogP contribution in [0.1, 0.15) is 17.1 Å². The number of hydrogen-bond acceptors (Lipinski definition) is 10. The molecule has 0 spiro atoms. The van der Waals surface area contributed by atoms with Gasteiger partial charge in [-0.3, -0.25) is 0 Å². The second-order valence-corrected chi connectivity index (χ2v) is 5.87. The highest BCUT2D eigenvalue weighted by atomic mass is 16.5. The Hall–Kier alpha value is -3.60. The Morgan fingerprint density at radius 2 is 1.79 bits per heavy atom. The maximum atomic E-state index is 5.80. The highest BCUT2D eigenvalue weighted by Crippen LogP contribution is 2.28. The van der Waals surface area contributed by atoms with Gasteiger partial charge in [-0.25, -0.2) is 0 Å². The van der Waals surface area contributed by atoms with Crippen molar-refractivity contribution in [2.45, 2.75) is 20.1 Å². The highest BCUT2D eigenvalue weighted by molar-refractivity contribution is 5.56. The fourth-order valence-corrected chi connectivity index (χ4v) is 2.51. The zero-order valence-corrected chi connectivity index (χ0v) is 15.5. The minimum atomic E-state index is 0.162. The van der Waals surface area contributed by atoms with E-state index in [1.54, 1.807) is 26.2 Å². The molecule has 0 radical (unpaired) electrons. The van der Waals surface area contributed by atoms with Crippen LogP contribution in [-0.2, 0) is 18.0 Å². The van der Waals surface area contributed by atoms with Crippen molar-refractivity contribution in [3.05, 3.63) is 41.4 Å². The summed E-state index contributed by atoms with van der Waals surface area (Å²) in [6, 6.07) is 7.07. The summed E-state index contributed by atoms with van der Waals surface area (Å²) in [7, 11) is 3.13. The second-order valence-electron chi connectivity index (χ2n) is 5.87. The monoisotopic (exact) mass is 383 g/mol. The van der Waals surface area contributed by atoms with Crippen LogP contribution in [0.2, 0.25) is 0 Å². The minimum absolute atomic E-state index is 0.162. The fourth-order valence-electron chi connectivity index (χ4n) is 2.51. The maximum Gasteiger partial charge on any atom is 0.275 e. The van der Waals surface area contributed by atoms with Gasteiger partial charge >= 0.3 is 0 Å². The standard InChI is InChI=1S/C17H17N7O4/c1-10-6-13(23-28-10)16-21-20-15-7-14(26-3)17(22-24(15)16)27-9-12-5-4-11(8-25-2)18-19-12/h4-7H,8-9H2,1-3H3. The van der Waals surface area contributed by atoms with Gasteiger partial charge in [0.15, 0.2) is 17.1 Å². The summed E-state index contributed by atoms with van der Waals surface area (Å²) in [6.07, 6.45) is 0. The van der Waals surface area contributed by atoms with Crippen LogP contribution < -0.4 is 9.47 Å². The van der Waals surface area contributed by atoms with Gasteiger partial charge in [-0.15, -0.1) is 15.3 Å². The Morgan fingerprint density at radius 1 is 1.00 bits per heavy atom. The van der Waals surface area contributed by atoms with E-state index in [2.05, 4.69) is 30.7 Å². The van der Waals surface area contributed by atoms with Crippen molar-refractivity contribution in [3.8, 4) is 23.1 Å². The van der Waals surface area contributed by atoms with Gasteiger partial charge in [0.1, 0.15) is 18.1 Å². The lowest BCUT2D eigenvalue weighted by Gasteiger charge is -2.09. The van der Waals surface area contributed by atoms with E-state index in [0.717, 1.165) is 5.69 Å². The number of fused-ring (bicyclic) bond motifs is 1. The summed E-state index contributed by atoms with van der Waals surface area (Å²) in [5, 5.41) is 24.8. The zero-order chi connectivity index (χ0) is 19.5. The topological polar surface area (TPSA) is 123 Å². The van der Waals surface area contributed by atoms with Gasteiger partial charge < -0.3 is 18.7 Å². The molecule has 0 N–H and O–H groups in total. The van der Waals surface area contributed by atoms with Gasteiger partial charge in [-0.2, -0.15) is 14.7 Å². The summed E-state index contributed by atoms with van der Waals surface area (Å²) in [6.45, 7) is 2.36. The average Bonchev–Trinajstić information content (AvgIpc) is 3.32. The van der Waals surface area contributed by atoms with Crippen molar-refractivity contribution >= 4 is 5.65 Å². The molecule has 0 aromatic carbocycles. The lowest BCUT2D eigenvalue weighted by Crippen LogP contribution is -2.06. The Kier molecular flexibility index (Phi) is 4.81. The van der Waals surface area contributed by atoms with Gasteiger partial charge in [-0.1, -0.05) is 5.16 Å². The fraction of sp³-hybridized carbons (Fsp3) is 0.294. The van der Waals surface area contributed by atoms with Crippen LogP contribution in [0.15, 0.2) is 28.8 Å². The SMILES string of the molecule is COCc1ccc(COc2nn3c(-c4cc(C)on4)nnc3cc2OC)nn1. The third-order valence-electron chi connectivity index (χ3n) is 3.83. The van der Waals surface area contributed by atoms with Crippen molar-refractivity contribution in [2.24, 2.45) is 0 Å². The van der Waals surface area contributed by atoms with E-state index in [9.17, 15) is 0 Å². The first-order chi connectivity index (χ1) is 13.7. The first-order valence-corrected chi connectivity index (χ1v) is 8.35. The van der Waals surface area contributed by atoms with Crippen molar-refractivity contribution in [1.82, 2.24) is 35.2 Å². The highest BCUT2D eigenvalue weighted by Gasteiger charge is 2.17. The van der Waals surface area contributed by atoms with E-state index < -0.39 is 0 Å². The van der Waals surface area contributed by atoms with Gasteiger partial charge in [0.05, 0.1) is 19.4 Å². The molecule has 11 heteroatoms. The Labute approximate surface area is 159 Å². The average molecular weight is 383 g/mol. The molecule has 0 bridgehead atoms. The predicted octanol–water partition coefficient (Wildman–Crippen LogP) is 1.61. The molecular formula is C17H17N7O4. The van der Waals surface area contributed by atoms with E-state index in [0.29, 0.717) is 41.0 Å². The van der Waals surface area contributed by atoms with Crippen LogP contribution in [-0.4, -0.2) is 49.4 Å². The first-order valence-electron chi connectivity index (χ1n) is 8.35.